The summed E-state index contributed by atoms with van der Waals surface area (Å²) < 4.78 is 7.03. The van der Waals surface area contributed by atoms with Crippen molar-refractivity contribution in [3.05, 3.63) is 36.7 Å². The maximum atomic E-state index is 11.3. The van der Waals surface area contributed by atoms with Gasteiger partial charge in [-0.05, 0) is 26.8 Å². The quantitative estimate of drug-likeness (QED) is 0.910. The molecular formula is C15H18N2O3. The fourth-order valence-electron chi connectivity index (χ4n) is 1.85. The van der Waals surface area contributed by atoms with E-state index in [1.54, 1.807) is 26.2 Å². The molecule has 1 heterocycles. The summed E-state index contributed by atoms with van der Waals surface area (Å²) in [6.45, 7) is 5.72. The molecule has 0 aliphatic carbocycles. The maximum absolute atomic E-state index is 11.3. The van der Waals surface area contributed by atoms with Crippen LogP contribution in [0.3, 0.4) is 0 Å². The molecular weight excluding hydrogens is 256 g/mol. The number of carboxylic acids is 1. The molecule has 5 heteroatoms. The van der Waals surface area contributed by atoms with Gasteiger partial charge in [-0.1, -0.05) is 18.2 Å². The Hall–Kier alpha value is -2.30. The smallest absolute Gasteiger partial charge is 0.331 e. The van der Waals surface area contributed by atoms with Crippen molar-refractivity contribution < 1.29 is 14.6 Å². The van der Waals surface area contributed by atoms with Crippen LogP contribution in [-0.2, 0) is 10.3 Å². The largest absolute Gasteiger partial charge is 0.493 e. The summed E-state index contributed by atoms with van der Waals surface area (Å²) in [7, 11) is 0. The lowest BCUT2D eigenvalue weighted by atomic mass is 10.1. The van der Waals surface area contributed by atoms with E-state index < -0.39 is 11.5 Å². The molecule has 1 aromatic heterocycles. The van der Waals surface area contributed by atoms with Crippen LogP contribution in [0.5, 0.6) is 5.75 Å². The summed E-state index contributed by atoms with van der Waals surface area (Å²) in [5.74, 6) is -0.159. The van der Waals surface area contributed by atoms with Gasteiger partial charge in [0.1, 0.15) is 5.75 Å². The van der Waals surface area contributed by atoms with E-state index in [0.29, 0.717) is 6.61 Å². The van der Waals surface area contributed by atoms with Crippen LogP contribution < -0.4 is 4.74 Å². The lowest BCUT2D eigenvalue weighted by Gasteiger charge is -2.19. The van der Waals surface area contributed by atoms with Crippen LogP contribution >= 0.6 is 0 Å². The molecule has 0 spiro atoms. The summed E-state index contributed by atoms with van der Waals surface area (Å²) in [4.78, 5) is 11.3. The van der Waals surface area contributed by atoms with Gasteiger partial charge >= 0.3 is 5.97 Å². The van der Waals surface area contributed by atoms with Crippen molar-refractivity contribution in [3.63, 3.8) is 0 Å². The Labute approximate surface area is 117 Å². The number of hydrogen-bond acceptors (Lipinski definition) is 3. The van der Waals surface area contributed by atoms with E-state index in [9.17, 15) is 9.90 Å². The molecule has 0 saturated carbocycles. The lowest BCUT2D eigenvalue weighted by Crippen LogP contribution is -2.35. The molecule has 0 bridgehead atoms. The van der Waals surface area contributed by atoms with Crippen LogP contribution in [0.15, 0.2) is 36.7 Å². The maximum Gasteiger partial charge on any atom is 0.331 e. The van der Waals surface area contributed by atoms with Gasteiger partial charge in [-0.25, -0.2) is 4.79 Å². The van der Waals surface area contributed by atoms with E-state index in [1.807, 2.05) is 31.2 Å². The number of ether oxygens (including phenoxy) is 1. The zero-order valence-electron chi connectivity index (χ0n) is 11.8. The molecule has 0 atom stereocenters. The number of aromatic nitrogens is 2. The molecule has 0 amide bonds. The van der Waals surface area contributed by atoms with Gasteiger partial charge < -0.3 is 9.84 Å². The van der Waals surface area contributed by atoms with Gasteiger partial charge in [0.15, 0.2) is 5.54 Å². The zero-order valence-corrected chi connectivity index (χ0v) is 11.8. The minimum absolute atomic E-state index is 0.575. The van der Waals surface area contributed by atoms with Crippen molar-refractivity contribution >= 4 is 5.97 Å². The number of carboxylic acid groups (broad SMARTS) is 1. The SMILES string of the molecule is CCOc1ccccc1-c1cnn(C(C)(C)C(=O)O)c1. The monoisotopic (exact) mass is 274 g/mol. The second kappa shape index (κ2) is 5.36. The third-order valence-electron chi connectivity index (χ3n) is 3.18. The van der Waals surface area contributed by atoms with Crippen LogP contribution in [0, 0.1) is 0 Å². The first-order valence-corrected chi connectivity index (χ1v) is 6.47. The van der Waals surface area contributed by atoms with Gasteiger partial charge in [-0.2, -0.15) is 5.10 Å². The predicted octanol–water partition coefficient (Wildman–Crippen LogP) is 2.77. The van der Waals surface area contributed by atoms with Crippen LogP contribution in [0.1, 0.15) is 20.8 Å². The van der Waals surface area contributed by atoms with Gasteiger partial charge in [0.05, 0.1) is 12.8 Å². The number of nitrogens with zero attached hydrogens (tertiary/aromatic N) is 2. The Kier molecular flexibility index (Phi) is 3.79. The van der Waals surface area contributed by atoms with Gasteiger partial charge in [-0.15, -0.1) is 0 Å². The molecule has 106 valence electrons. The van der Waals surface area contributed by atoms with E-state index in [4.69, 9.17) is 4.74 Å². The summed E-state index contributed by atoms with van der Waals surface area (Å²) in [5.41, 5.74) is 0.656. The highest BCUT2D eigenvalue weighted by atomic mass is 16.5. The van der Waals surface area contributed by atoms with E-state index in [1.165, 1.54) is 4.68 Å². The standard InChI is InChI=1S/C15H18N2O3/c1-4-20-13-8-6-5-7-12(13)11-9-16-17(10-11)15(2,3)14(18)19/h5-10H,4H2,1-3H3,(H,18,19). The minimum atomic E-state index is -1.08. The van der Waals surface area contributed by atoms with Crippen LogP contribution in [0.25, 0.3) is 11.1 Å². The zero-order chi connectivity index (χ0) is 14.8. The molecule has 5 nitrogen and oxygen atoms in total. The van der Waals surface area contributed by atoms with Crippen LogP contribution in [0.2, 0.25) is 0 Å². The second-order valence-corrected chi connectivity index (χ2v) is 4.97. The summed E-state index contributed by atoms with van der Waals surface area (Å²) in [6.07, 6.45) is 3.38. The van der Waals surface area contributed by atoms with E-state index in [-0.39, 0.29) is 0 Å². The molecule has 0 fully saturated rings. The van der Waals surface area contributed by atoms with E-state index in [2.05, 4.69) is 5.10 Å². The van der Waals surface area contributed by atoms with Crippen molar-refractivity contribution in [3.8, 4) is 16.9 Å². The highest BCUT2D eigenvalue weighted by molar-refractivity contribution is 5.76. The topological polar surface area (TPSA) is 64.4 Å². The molecule has 2 aromatic rings. The number of rotatable bonds is 5. The number of carbonyl (C=O) groups is 1. The third-order valence-corrected chi connectivity index (χ3v) is 3.18. The van der Waals surface area contributed by atoms with E-state index in [0.717, 1.165) is 16.9 Å². The number of aliphatic carboxylic acids is 1. The highest BCUT2D eigenvalue weighted by Crippen LogP contribution is 2.30. The molecule has 0 aliphatic rings. The van der Waals surface area contributed by atoms with Crippen molar-refractivity contribution in [2.75, 3.05) is 6.61 Å². The molecule has 1 N–H and O–H groups in total. The Morgan fingerprint density at radius 2 is 2.10 bits per heavy atom. The first kappa shape index (κ1) is 14.1. The van der Waals surface area contributed by atoms with Crippen molar-refractivity contribution in [1.29, 1.82) is 0 Å². The molecule has 2 rings (SSSR count). The Morgan fingerprint density at radius 1 is 1.40 bits per heavy atom. The average molecular weight is 274 g/mol. The molecule has 20 heavy (non-hydrogen) atoms. The lowest BCUT2D eigenvalue weighted by molar-refractivity contribution is -0.146. The van der Waals surface area contributed by atoms with Gasteiger partial charge in [0.25, 0.3) is 0 Å². The molecule has 0 aliphatic heterocycles. The number of para-hydroxylation sites is 1. The summed E-state index contributed by atoms with van der Waals surface area (Å²) in [6, 6.07) is 7.64. The van der Waals surface area contributed by atoms with E-state index >= 15 is 0 Å². The van der Waals surface area contributed by atoms with Gasteiger partial charge in [-0.3, -0.25) is 4.68 Å². The predicted molar refractivity (Wildman–Crippen MR) is 75.8 cm³/mol. The third kappa shape index (κ3) is 2.52. The minimum Gasteiger partial charge on any atom is -0.493 e. The van der Waals surface area contributed by atoms with Crippen LogP contribution in [0.4, 0.5) is 0 Å². The number of hydrogen-bond donors (Lipinski definition) is 1. The highest BCUT2D eigenvalue weighted by Gasteiger charge is 2.30. The van der Waals surface area contributed by atoms with Gasteiger partial charge in [0.2, 0.25) is 0 Å². The molecule has 0 saturated heterocycles. The molecule has 0 radical (unpaired) electrons. The van der Waals surface area contributed by atoms with Crippen molar-refractivity contribution in [2.24, 2.45) is 0 Å². The Bertz CT molecular complexity index is 617. The summed E-state index contributed by atoms with van der Waals surface area (Å²) in [5, 5.41) is 13.4. The second-order valence-electron chi connectivity index (χ2n) is 4.97. The van der Waals surface area contributed by atoms with Crippen LogP contribution in [-0.4, -0.2) is 27.5 Å². The first-order valence-electron chi connectivity index (χ1n) is 6.47. The normalized spacial score (nSPS) is 11.3. The van der Waals surface area contributed by atoms with Crippen molar-refractivity contribution in [2.45, 2.75) is 26.3 Å². The fourth-order valence-corrected chi connectivity index (χ4v) is 1.85. The molecule has 0 unspecified atom stereocenters. The Morgan fingerprint density at radius 3 is 2.75 bits per heavy atom. The van der Waals surface area contributed by atoms with Crippen molar-refractivity contribution in [1.82, 2.24) is 9.78 Å². The fraction of sp³-hybridized carbons (Fsp3) is 0.333. The first-order chi connectivity index (χ1) is 9.46. The number of benzene rings is 1. The summed E-state index contributed by atoms with van der Waals surface area (Å²) >= 11 is 0. The Balaban J connectivity index is 2.41. The average Bonchev–Trinajstić information content (AvgIpc) is 2.89. The molecule has 1 aromatic carbocycles. The van der Waals surface area contributed by atoms with Gasteiger partial charge in [0, 0.05) is 17.3 Å².